The molecular weight excluding hydrogens is 280 g/mol. The molecule has 120 valence electrons. The average Bonchev–Trinajstić information content (AvgIpc) is 2.70. The van der Waals surface area contributed by atoms with E-state index in [1.807, 2.05) is 0 Å². The Hall–Kier alpha value is -1.26. The van der Waals surface area contributed by atoms with Crippen LogP contribution in [0.4, 0.5) is 0 Å². The summed E-state index contributed by atoms with van der Waals surface area (Å²) in [5, 5.41) is 40.6. The molecule has 2 saturated carbocycles. The van der Waals surface area contributed by atoms with Gasteiger partial charge in [0.25, 0.3) is 0 Å². The van der Waals surface area contributed by atoms with Gasteiger partial charge in [-0.1, -0.05) is 6.92 Å². The molecule has 0 radical (unpaired) electrons. The molecule has 0 bridgehead atoms. The van der Waals surface area contributed by atoms with Gasteiger partial charge in [-0.05, 0) is 66.9 Å². The molecule has 0 unspecified atom stereocenters. The fourth-order valence-corrected chi connectivity index (χ4v) is 5.67. The average molecular weight is 304 g/mol. The van der Waals surface area contributed by atoms with E-state index in [1.54, 1.807) is 6.07 Å². The summed E-state index contributed by atoms with van der Waals surface area (Å²) < 4.78 is 0. The van der Waals surface area contributed by atoms with E-state index in [4.69, 9.17) is 0 Å². The summed E-state index contributed by atoms with van der Waals surface area (Å²) in [5.41, 5.74) is 1.85. The fourth-order valence-electron chi connectivity index (χ4n) is 5.67. The van der Waals surface area contributed by atoms with Crippen LogP contribution in [0.25, 0.3) is 0 Å². The van der Waals surface area contributed by atoms with Gasteiger partial charge in [0.2, 0.25) is 0 Å². The second-order valence-corrected chi connectivity index (χ2v) is 7.75. The van der Waals surface area contributed by atoms with Crippen molar-refractivity contribution in [1.29, 1.82) is 0 Å². The van der Waals surface area contributed by atoms with Crippen molar-refractivity contribution in [3.8, 4) is 11.5 Å². The lowest BCUT2D eigenvalue weighted by molar-refractivity contribution is -0.0507. The maximum absolute atomic E-state index is 10.4. The van der Waals surface area contributed by atoms with E-state index in [2.05, 4.69) is 6.92 Å². The van der Waals surface area contributed by atoms with E-state index < -0.39 is 12.2 Å². The van der Waals surface area contributed by atoms with Gasteiger partial charge in [0, 0.05) is 11.6 Å². The van der Waals surface area contributed by atoms with E-state index >= 15 is 0 Å². The van der Waals surface area contributed by atoms with Crippen LogP contribution in [0.15, 0.2) is 12.1 Å². The minimum atomic E-state index is -0.631. The van der Waals surface area contributed by atoms with Crippen LogP contribution in [-0.4, -0.2) is 32.6 Å². The van der Waals surface area contributed by atoms with Crippen LogP contribution in [-0.2, 0) is 6.42 Å². The lowest BCUT2D eigenvalue weighted by atomic mass is 9.55. The number of rotatable bonds is 0. The molecule has 4 rings (SSSR count). The zero-order chi connectivity index (χ0) is 15.6. The van der Waals surface area contributed by atoms with Crippen LogP contribution in [0, 0.1) is 17.3 Å². The summed E-state index contributed by atoms with van der Waals surface area (Å²) in [6.07, 6.45) is 3.05. The highest BCUT2D eigenvalue weighted by Gasteiger charge is 2.58. The molecule has 4 nitrogen and oxygen atoms in total. The molecule has 0 saturated heterocycles. The molecule has 2 fully saturated rings. The van der Waals surface area contributed by atoms with Crippen LogP contribution in [0.3, 0.4) is 0 Å². The van der Waals surface area contributed by atoms with E-state index in [-0.39, 0.29) is 22.8 Å². The van der Waals surface area contributed by atoms with Crippen LogP contribution in [0.1, 0.15) is 49.7 Å². The summed E-state index contributed by atoms with van der Waals surface area (Å²) in [7, 11) is 0. The molecule has 1 aromatic rings. The Morgan fingerprint density at radius 1 is 1.14 bits per heavy atom. The smallest absolute Gasteiger partial charge is 0.123 e. The number of aliphatic hydroxyl groups is 2. The highest BCUT2D eigenvalue weighted by molar-refractivity contribution is 5.49. The van der Waals surface area contributed by atoms with Crippen LogP contribution in [0.2, 0.25) is 0 Å². The summed E-state index contributed by atoms with van der Waals surface area (Å²) in [4.78, 5) is 0. The normalized spacial score (nSPS) is 43.3. The zero-order valence-corrected chi connectivity index (χ0v) is 12.9. The largest absolute Gasteiger partial charge is 0.508 e. The number of aromatic hydroxyl groups is 2. The number of hydrogen-bond donors (Lipinski definition) is 4. The molecule has 4 heteroatoms. The molecule has 0 amide bonds. The molecule has 3 aliphatic carbocycles. The first-order chi connectivity index (χ1) is 10.4. The van der Waals surface area contributed by atoms with Crippen molar-refractivity contribution in [3.05, 3.63) is 23.3 Å². The number of hydrogen-bond acceptors (Lipinski definition) is 4. The van der Waals surface area contributed by atoms with Gasteiger partial charge in [0.15, 0.2) is 0 Å². The molecule has 4 N–H and O–H groups in total. The molecule has 22 heavy (non-hydrogen) atoms. The third-order valence-corrected chi connectivity index (χ3v) is 6.76. The van der Waals surface area contributed by atoms with Gasteiger partial charge in [-0.3, -0.25) is 0 Å². The van der Waals surface area contributed by atoms with Gasteiger partial charge in [0.1, 0.15) is 11.5 Å². The zero-order valence-electron chi connectivity index (χ0n) is 12.9. The summed E-state index contributed by atoms with van der Waals surface area (Å²) in [6, 6.07) is 3.21. The Labute approximate surface area is 130 Å². The third kappa shape index (κ3) is 1.77. The molecule has 3 aliphatic rings. The van der Waals surface area contributed by atoms with Gasteiger partial charge in [-0.25, -0.2) is 0 Å². The van der Waals surface area contributed by atoms with Gasteiger partial charge >= 0.3 is 0 Å². The SMILES string of the molecule is C[C@]12CC[C@@H]3c4c(O)cc(O)cc4CC[C@@H]3[C@@H]1C[C@@H](O)[C@@H]2O. The Morgan fingerprint density at radius 2 is 1.91 bits per heavy atom. The van der Waals surface area contributed by atoms with Crippen molar-refractivity contribution >= 4 is 0 Å². The summed E-state index contributed by atoms with van der Waals surface area (Å²) in [5.74, 6) is 1.31. The summed E-state index contributed by atoms with van der Waals surface area (Å²) >= 11 is 0. The molecule has 0 aliphatic heterocycles. The van der Waals surface area contributed by atoms with E-state index in [0.29, 0.717) is 18.3 Å². The highest BCUT2D eigenvalue weighted by Crippen LogP contribution is 2.61. The number of aryl methyl sites for hydroxylation is 1. The van der Waals surface area contributed by atoms with Crippen molar-refractivity contribution in [3.63, 3.8) is 0 Å². The van der Waals surface area contributed by atoms with E-state index in [1.165, 1.54) is 6.07 Å². The summed E-state index contributed by atoms with van der Waals surface area (Å²) in [6.45, 7) is 2.11. The van der Waals surface area contributed by atoms with Gasteiger partial charge in [-0.15, -0.1) is 0 Å². The number of benzene rings is 1. The first-order valence-corrected chi connectivity index (χ1v) is 8.32. The highest BCUT2D eigenvalue weighted by atomic mass is 16.3. The van der Waals surface area contributed by atoms with Crippen LogP contribution < -0.4 is 0 Å². The number of fused-ring (bicyclic) bond motifs is 5. The fraction of sp³-hybridized carbons (Fsp3) is 0.667. The first-order valence-electron chi connectivity index (χ1n) is 8.32. The van der Waals surface area contributed by atoms with Crippen LogP contribution in [0.5, 0.6) is 11.5 Å². The second-order valence-electron chi connectivity index (χ2n) is 7.75. The molecule has 0 aromatic heterocycles. The lowest BCUT2D eigenvalue weighted by Crippen LogP contribution is -2.44. The van der Waals surface area contributed by atoms with E-state index in [0.717, 1.165) is 36.8 Å². The van der Waals surface area contributed by atoms with Crippen molar-refractivity contribution in [2.45, 2.75) is 57.2 Å². The number of phenolic OH excluding ortho intramolecular Hbond substituents is 2. The van der Waals surface area contributed by atoms with Crippen molar-refractivity contribution < 1.29 is 20.4 Å². The monoisotopic (exact) mass is 304 g/mol. The minimum Gasteiger partial charge on any atom is -0.508 e. The van der Waals surface area contributed by atoms with Gasteiger partial charge in [-0.2, -0.15) is 0 Å². The van der Waals surface area contributed by atoms with Gasteiger partial charge < -0.3 is 20.4 Å². The maximum Gasteiger partial charge on any atom is 0.123 e. The number of phenols is 2. The topological polar surface area (TPSA) is 80.9 Å². The van der Waals surface area contributed by atoms with Gasteiger partial charge in [0.05, 0.1) is 12.2 Å². The Balaban J connectivity index is 1.75. The Morgan fingerprint density at radius 3 is 2.68 bits per heavy atom. The van der Waals surface area contributed by atoms with Crippen molar-refractivity contribution in [2.75, 3.05) is 0 Å². The molecule has 0 spiro atoms. The lowest BCUT2D eigenvalue weighted by Gasteiger charge is -2.49. The third-order valence-electron chi connectivity index (χ3n) is 6.76. The maximum atomic E-state index is 10.4. The standard InChI is InChI=1S/C18H24O4/c1-18-5-4-12-11(13(18)8-15(21)17(18)22)3-2-9-6-10(19)7-14(20)16(9)12/h6-7,11-13,15,17,19-22H,2-5,8H2,1H3/t11-,12-,13-,15+,17-,18-/m0/s1. The van der Waals surface area contributed by atoms with Crippen molar-refractivity contribution in [2.24, 2.45) is 17.3 Å². The Kier molecular flexibility index (Phi) is 3.01. The molecule has 1 aromatic carbocycles. The Bertz CT molecular complexity index is 613. The first kappa shape index (κ1) is 14.3. The van der Waals surface area contributed by atoms with E-state index in [9.17, 15) is 20.4 Å². The quantitative estimate of drug-likeness (QED) is 0.593. The van der Waals surface area contributed by atoms with Crippen molar-refractivity contribution in [1.82, 2.24) is 0 Å². The molecule has 6 atom stereocenters. The van der Waals surface area contributed by atoms with Crippen LogP contribution >= 0.6 is 0 Å². The molecule has 0 heterocycles. The number of aliphatic hydroxyl groups excluding tert-OH is 2. The second kappa shape index (κ2) is 4.62. The predicted octanol–water partition coefficient (Wildman–Crippen LogP) is 2.29. The molecular formula is C18H24O4. The minimum absolute atomic E-state index is 0.127. The predicted molar refractivity (Wildman–Crippen MR) is 81.8 cm³/mol.